The predicted octanol–water partition coefficient (Wildman–Crippen LogP) is 2.05. The molecular weight excluding hydrogens is 416 g/mol. The first-order chi connectivity index (χ1) is 15.1. The van der Waals surface area contributed by atoms with Crippen molar-refractivity contribution in [3.8, 4) is 0 Å². The largest absolute Gasteiger partial charge is 0.383 e. The number of aryl methyl sites for hydroxylation is 1. The highest BCUT2D eigenvalue weighted by atomic mass is 32.1. The molecule has 0 unspecified atom stereocenters. The van der Waals surface area contributed by atoms with Gasteiger partial charge in [-0.05, 0) is 25.3 Å². The third-order valence-corrected chi connectivity index (χ3v) is 7.59. The quantitative estimate of drug-likeness (QED) is 0.500. The van der Waals surface area contributed by atoms with Crippen molar-refractivity contribution in [3.63, 3.8) is 0 Å². The van der Waals surface area contributed by atoms with Gasteiger partial charge in [0.05, 0.1) is 25.1 Å². The molecule has 1 aliphatic heterocycles. The number of ether oxygens (including phenoxy) is 1. The average Bonchev–Trinajstić information content (AvgIpc) is 3.34. The Morgan fingerprint density at radius 1 is 1.29 bits per heavy atom. The summed E-state index contributed by atoms with van der Waals surface area (Å²) in [6, 6.07) is -0.0243. The summed E-state index contributed by atoms with van der Waals surface area (Å²) in [6.45, 7) is 4.95. The van der Waals surface area contributed by atoms with Crippen LogP contribution >= 0.6 is 11.3 Å². The number of aliphatic imine (C=N–C) groups is 1. The highest BCUT2D eigenvalue weighted by molar-refractivity contribution is 7.18. The fourth-order valence-corrected chi connectivity index (χ4v) is 5.97. The summed E-state index contributed by atoms with van der Waals surface area (Å²) in [4.78, 5) is 34.9. The highest BCUT2D eigenvalue weighted by Crippen LogP contribution is 2.31. The van der Waals surface area contributed by atoms with Gasteiger partial charge in [-0.25, -0.2) is 9.79 Å². The van der Waals surface area contributed by atoms with Crippen LogP contribution in [0.15, 0.2) is 14.6 Å². The Balaban J connectivity index is 1.84. The number of hydrogen-bond donors (Lipinski definition) is 2. The standard InChI is InChI=1S/C21H30N6O3S/c1-14-16(12-25-9-8-23-20(25)24-13-22)31-19-17(14)18(28)27(15-6-4-3-5-7-15)21(29)26(19)10-11-30-2/h13,15H,3-12H2,1-2H3,(H2,22,23,24). The molecule has 2 aromatic rings. The second kappa shape index (κ2) is 9.35. The van der Waals surface area contributed by atoms with Crippen LogP contribution in [0.25, 0.3) is 10.2 Å². The molecule has 2 aliphatic rings. The molecular formula is C21H30N6O3S. The lowest BCUT2D eigenvalue weighted by atomic mass is 9.95. The molecule has 2 aromatic heterocycles. The average molecular weight is 447 g/mol. The highest BCUT2D eigenvalue weighted by Gasteiger charge is 2.26. The van der Waals surface area contributed by atoms with Crippen LogP contribution in [0.1, 0.15) is 48.6 Å². The van der Waals surface area contributed by atoms with E-state index < -0.39 is 0 Å². The number of nitrogens with zero attached hydrogens (tertiary/aromatic N) is 4. The van der Waals surface area contributed by atoms with Crippen LogP contribution < -0.4 is 16.6 Å². The van der Waals surface area contributed by atoms with Crippen LogP contribution in [-0.4, -0.2) is 53.1 Å². The molecule has 0 atom stereocenters. The number of thiophene rings is 1. The van der Waals surface area contributed by atoms with Gasteiger partial charge in [0.25, 0.3) is 5.56 Å². The molecule has 1 saturated carbocycles. The molecule has 4 rings (SSSR count). The summed E-state index contributed by atoms with van der Waals surface area (Å²) in [7, 11) is 1.62. The molecule has 31 heavy (non-hydrogen) atoms. The van der Waals surface area contributed by atoms with Gasteiger partial charge in [-0.3, -0.25) is 19.3 Å². The lowest BCUT2D eigenvalue weighted by molar-refractivity contribution is 0.186. The summed E-state index contributed by atoms with van der Waals surface area (Å²) in [5, 5.41) is 11.1. The van der Waals surface area contributed by atoms with E-state index in [0.29, 0.717) is 31.0 Å². The van der Waals surface area contributed by atoms with E-state index >= 15 is 0 Å². The zero-order chi connectivity index (χ0) is 22.0. The predicted molar refractivity (Wildman–Crippen MR) is 124 cm³/mol. The van der Waals surface area contributed by atoms with Crippen LogP contribution in [0.3, 0.4) is 0 Å². The molecule has 0 aromatic carbocycles. The maximum atomic E-state index is 13.6. The van der Waals surface area contributed by atoms with Crippen LogP contribution in [-0.2, 0) is 17.8 Å². The lowest BCUT2D eigenvalue weighted by Gasteiger charge is -2.24. The van der Waals surface area contributed by atoms with Crippen molar-refractivity contribution in [3.05, 3.63) is 31.3 Å². The van der Waals surface area contributed by atoms with E-state index in [2.05, 4.69) is 15.2 Å². The topological polar surface area (TPSA) is 105 Å². The van der Waals surface area contributed by atoms with E-state index in [1.54, 1.807) is 11.7 Å². The fourth-order valence-electron chi connectivity index (χ4n) is 4.64. The SMILES string of the molecule is COCCn1c(=O)n(C2CCCCC2)c(=O)c2c(C)c(CN3CCN/C3=N\C=N)sc21. The third-order valence-electron chi connectivity index (χ3n) is 6.29. The first-order valence-corrected chi connectivity index (χ1v) is 11.7. The monoisotopic (exact) mass is 446 g/mol. The molecule has 9 nitrogen and oxygen atoms in total. The number of hydrogen-bond acceptors (Lipinski definition) is 5. The van der Waals surface area contributed by atoms with Gasteiger partial charge >= 0.3 is 5.69 Å². The number of rotatable bonds is 7. The van der Waals surface area contributed by atoms with Gasteiger partial charge in [0.1, 0.15) is 11.2 Å². The van der Waals surface area contributed by atoms with Crippen LogP contribution in [0.5, 0.6) is 0 Å². The van der Waals surface area contributed by atoms with Gasteiger partial charge in [-0.2, -0.15) is 0 Å². The number of fused-ring (bicyclic) bond motifs is 1. The zero-order valence-corrected chi connectivity index (χ0v) is 19.0. The van der Waals surface area contributed by atoms with E-state index in [-0.39, 0.29) is 17.3 Å². The van der Waals surface area contributed by atoms with Crippen LogP contribution in [0.4, 0.5) is 0 Å². The molecule has 2 N–H and O–H groups in total. The second-order valence-electron chi connectivity index (χ2n) is 8.15. The third kappa shape index (κ3) is 4.06. The Kier molecular flexibility index (Phi) is 6.57. The molecule has 0 bridgehead atoms. The summed E-state index contributed by atoms with van der Waals surface area (Å²) in [6.07, 6.45) is 6.06. The summed E-state index contributed by atoms with van der Waals surface area (Å²) in [5.74, 6) is 0.670. The minimum absolute atomic E-state index is 0.0243. The second-order valence-corrected chi connectivity index (χ2v) is 9.24. The van der Waals surface area contributed by atoms with Crippen molar-refractivity contribution in [1.29, 1.82) is 5.41 Å². The smallest absolute Gasteiger partial charge is 0.332 e. The molecule has 1 aliphatic carbocycles. The summed E-state index contributed by atoms with van der Waals surface area (Å²) < 4.78 is 8.50. The lowest BCUT2D eigenvalue weighted by Crippen LogP contribution is -2.43. The molecule has 168 valence electrons. The Labute approximate surface area is 184 Å². The van der Waals surface area contributed by atoms with Crippen molar-refractivity contribution < 1.29 is 4.74 Å². The number of guanidine groups is 1. The van der Waals surface area contributed by atoms with E-state index in [0.717, 1.165) is 66.8 Å². The summed E-state index contributed by atoms with van der Waals surface area (Å²) in [5.41, 5.74) is 0.554. The Morgan fingerprint density at radius 3 is 2.77 bits per heavy atom. The van der Waals surface area contributed by atoms with Crippen molar-refractivity contribution in [1.82, 2.24) is 19.4 Å². The molecule has 0 spiro atoms. The molecule has 0 radical (unpaired) electrons. The van der Waals surface area contributed by atoms with Crippen LogP contribution in [0, 0.1) is 12.3 Å². The minimum Gasteiger partial charge on any atom is -0.383 e. The first-order valence-electron chi connectivity index (χ1n) is 10.9. The summed E-state index contributed by atoms with van der Waals surface area (Å²) >= 11 is 1.50. The van der Waals surface area contributed by atoms with Crippen LogP contribution in [0.2, 0.25) is 0 Å². The van der Waals surface area contributed by atoms with Crippen molar-refractivity contribution in [2.75, 3.05) is 26.8 Å². The number of nitrogens with one attached hydrogen (secondary N) is 2. The Morgan fingerprint density at radius 2 is 2.06 bits per heavy atom. The Hall–Kier alpha value is -2.46. The van der Waals surface area contributed by atoms with Gasteiger partial charge in [-0.1, -0.05) is 19.3 Å². The molecule has 2 fully saturated rings. The number of aromatic nitrogens is 2. The van der Waals surface area contributed by atoms with Gasteiger partial charge < -0.3 is 15.0 Å². The minimum atomic E-state index is -0.219. The van der Waals surface area contributed by atoms with Gasteiger partial charge in [0.15, 0.2) is 0 Å². The van der Waals surface area contributed by atoms with Gasteiger partial charge in [-0.15, -0.1) is 11.3 Å². The van der Waals surface area contributed by atoms with Crippen molar-refractivity contribution >= 4 is 33.9 Å². The maximum absolute atomic E-state index is 13.6. The van der Waals surface area contributed by atoms with Gasteiger partial charge in [0.2, 0.25) is 5.96 Å². The van der Waals surface area contributed by atoms with Gasteiger partial charge in [0, 0.05) is 31.1 Å². The van der Waals surface area contributed by atoms with E-state index in [1.165, 1.54) is 15.9 Å². The molecule has 3 heterocycles. The number of methoxy groups -OCH3 is 1. The van der Waals surface area contributed by atoms with E-state index in [1.807, 2.05) is 6.92 Å². The zero-order valence-electron chi connectivity index (χ0n) is 18.1. The van der Waals surface area contributed by atoms with Crippen molar-refractivity contribution in [2.45, 2.75) is 58.2 Å². The van der Waals surface area contributed by atoms with Crippen molar-refractivity contribution in [2.24, 2.45) is 4.99 Å². The first kappa shape index (κ1) is 21.8. The normalized spacial score (nSPS) is 18.8. The molecule has 0 amide bonds. The Bertz CT molecular complexity index is 1110. The van der Waals surface area contributed by atoms with E-state index in [4.69, 9.17) is 10.1 Å². The fraction of sp³-hybridized carbons (Fsp3) is 0.619. The molecule has 10 heteroatoms. The maximum Gasteiger partial charge on any atom is 0.332 e. The molecule has 1 saturated heterocycles. The van der Waals surface area contributed by atoms with E-state index in [9.17, 15) is 9.59 Å².